The van der Waals surface area contributed by atoms with E-state index in [0.29, 0.717) is 11.8 Å². The summed E-state index contributed by atoms with van der Waals surface area (Å²) in [6.07, 6.45) is 6.32. The molecule has 136 valence electrons. The maximum atomic E-state index is 12.7. The van der Waals surface area contributed by atoms with E-state index in [1.54, 1.807) is 0 Å². The van der Waals surface area contributed by atoms with Gasteiger partial charge in [0.25, 0.3) is 11.8 Å². The van der Waals surface area contributed by atoms with Crippen molar-refractivity contribution in [1.82, 2.24) is 10.6 Å². The molecule has 0 radical (unpaired) electrons. The van der Waals surface area contributed by atoms with Crippen LogP contribution in [0.4, 0.5) is 0 Å². The van der Waals surface area contributed by atoms with Crippen LogP contribution in [-0.2, 0) is 0 Å². The van der Waals surface area contributed by atoms with Crippen LogP contribution in [0, 0.1) is 11.8 Å². The fraction of sp³-hybridized carbons (Fsp3) is 0.500. The first-order chi connectivity index (χ1) is 12.5. The van der Waals surface area contributed by atoms with Gasteiger partial charge in [0.2, 0.25) is 0 Å². The molecule has 6 heteroatoms. The van der Waals surface area contributed by atoms with Crippen molar-refractivity contribution in [2.45, 2.75) is 49.6 Å². The molecule has 4 saturated carbocycles. The van der Waals surface area contributed by atoms with Gasteiger partial charge in [-0.1, -0.05) is 12.1 Å². The number of carbonyl (C=O) groups is 2. The van der Waals surface area contributed by atoms with E-state index < -0.39 is 0 Å². The minimum atomic E-state index is -0.159. The molecule has 0 saturated heterocycles. The number of thiophene rings is 2. The fourth-order valence-electron chi connectivity index (χ4n) is 5.98. The predicted octanol–water partition coefficient (Wildman–Crippen LogP) is 4.06. The zero-order chi connectivity index (χ0) is 17.8. The van der Waals surface area contributed by atoms with Crippen LogP contribution in [0.5, 0.6) is 0 Å². The molecule has 4 nitrogen and oxygen atoms in total. The second kappa shape index (κ2) is 5.92. The topological polar surface area (TPSA) is 58.2 Å². The molecule has 0 spiro atoms. The molecule has 0 aromatic carbocycles. The van der Waals surface area contributed by atoms with Crippen molar-refractivity contribution >= 4 is 34.5 Å². The minimum Gasteiger partial charge on any atom is -0.346 e. The van der Waals surface area contributed by atoms with Gasteiger partial charge >= 0.3 is 0 Å². The summed E-state index contributed by atoms with van der Waals surface area (Å²) in [7, 11) is 0. The Morgan fingerprint density at radius 2 is 1.31 bits per heavy atom. The first-order valence-electron chi connectivity index (χ1n) is 9.27. The summed E-state index contributed by atoms with van der Waals surface area (Å²) < 4.78 is 0. The van der Waals surface area contributed by atoms with Gasteiger partial charge in [0.05, 0.1) is 9.75 Å². The molecule has 2 N–H and O–H groups in total. The summed E-state index contributed by atoms with van der Waals surface area (Å²) in [5.41, 5.74) is -0.318. The Kier molecular flexibility index (Phi) is 3.76. The average molecular weight is 387 g/mol. The Morgan fingerprint density at radius 3 is 1.69 bits per heavy atom. The van der Waals surface area contributed by atoms with Crippen LogP contribution in [0.25, 0.3) is 0 Å². The van der Waals surface area contributed by atoms with Crippen LogP contribution in [0.1, 0.15) is 57.9 Å². The minimum absolute atomic E-state index is 0.0432. The monoisotopic (exact) mass is 386 g/mol. The molecule has 2 amide bonds. The molecule has 6 rings (SSSR count). The fourth-order valence-corrected chi connectivity index (χ4v) is 7.21. The summed E-state index contributed by atoms with van der Waals surface area (Å²) in [6.45, 7) is 0. The Morgan fingerprint density at radius 1 is 0.846 bits per heavy atom. The number of hydrogen-bond acceptors (Lipinski definition) is 4. The predicted molar refractivity (Wildman–Crippen MR) is 104 cm³/mol. The lowest BCUT2D eigenvalue weighted by Crippen LogP contribution is -2.69. The Labute approximate surface area is 161 Å². The van der Waals surface area contributed by atoms with Crippen molar-refractivity contribution < 1.29 is 9.59 Å². The highest BCUT2D eigenvalue weighted by Crippen LogP contribution is 2.57. The summed E-state index contributed by atoms with van der Waals surface area (Å²) in [5.74, 6) is 1.29. The molecular formula is C20H22N2O2S2. The number of amides is 2. The van der Waals surface area contributed by atoms with E-state index in [1.165, 1.54) is 29.1 Å². The second-order valence-corrected chi connectivity index (χ2v) is 10.3. The maximum Gasteiger partial charge on any atom is 0.261 e. The molecule has 2 aromatic heterocycles. The lowest BCUT2D eigenvalue weighted by Gasteiger charge is -2.62. The van der Waals surface area contributed by atoms with Gasteiger partial charge in [-0.25, -0.2) is 0 Å². The molecule has 0 aliphatic heterocycles. The molecule has 2 aromatic rings. The van der Waals surface area contributed by atoms with E-state index in [9.17, 15) is 9.59 Å². The highest BCUT2D eigenvalue weighted by atomic mass is 32.1. The summed E-state index contributed by atoms with van der Waals surface area (Å²) in [5, 5.41) is 10.6. The summed E-state index contributed by atoms with van der Waals surface area (Å²) >= 11 is 2.97. The molecule has 4 aliphatic rings. The van der Waals surface area contributed by atoms with E-state index in [1.807, 2.05) is 35.0 Å². The molecule has 4 bridgehead atoms. The van der Waals surface area contributed by atoms with Crippen LogP contribution < -0.4 is 10.6 Å². The lowest BCUT2D eigenvalue weighted by molar-refractivity contribution is -0.0446. The number of hydrogen-bond donors (Lipinski definition) is 2. The van der Waals surface area contributed by atoms with Crippen molar-refractivity contribution in [2.24, 2.45) is 11.8 Å². The average Bonchev–Trinajstić information content (AvgIpc) is 3.27. The summed E-state index contributed by atoms with van der Waals surface area (Å²) in [4.78, 5) is 27.0. The van der Waals surface area contributed by atoms with Gasteiger partial charge in [0.15, 0.2) is 0 Å². The first kappa shape index (κ1) is 16.5. The zero-order valence-corrected chi connectivity index (χ0v) is 16.1. The third-order valence-corrected chi connectivity index (χ3v) is 8.05. The van der Waals surface area contributed by atoms with Gasteiger partial charge in [-0.15, -0.1) is 22.7 Å². The normalized spacial score (nSPS) is 34.6. The van der Waals surface area contributed by atoms with Gasteiger partial charge in [-0.3, -0.25) is 9.59 Å². The van der Waals surface area contributed by atoms with Crippen molar-refractivity contribution in [2.75, 3.05) is 0 Å². The van der Waals surface area contributed by atoms with Crippen LogP contribution in [0.2, 0.25) is 0 Å². The van der Waals surface area contributed by atoms with Crippen LogP contribution in [0.15, 0.2) is 35.0 Å². The van der Waals surface area contributed by atoms with E-state index in [-0.39, 0.29) is 22.9 Å². The third-order valence-electron chi connectivity index (χ3n) is 6.31. The standard InChI is InChI=1S/C20H22N2O2S2/c23-17(15-3-1-5-25-15)21-19-8-13-7-14(9-19)11-20(10-13,12-19)22-18(24)16-4-2-6-26-16/h1-6,13-14H,7-12H2,(H,21,23)(H,22,24). The number of nitrogens with one attached hydrogen (secondary N) is 2. The Balaban J connectivity index is 1.39. The summed E-state index contributed by atoms with van der Waals surface area (Å²) in [6, 6.07) is 7.60. The molecule has 4 fully saturated rings. The number of carbonyl (C=O) groups excluding carboxylic acids is 2. The first-order valence-corrected chi connectivity index (χ1v) is 11.0. The molecule has 2 heterocycles. The molecule has 0 atom stereocenters. The van der Waals surface area contributed by atoms with Gasteiger partial charge in [0.1, 0.15) is 0 Å². The van der Waals surface area contributed by atoms with Gasteiger partial charge in [0, 0.05) is 11.1 Å². The van der Waals surface area contributed by atoms with E-state index in [2.05, 4.69) is 10.6 Å². The largest absolute Gasteiger partial charge is 0.346 e. The van der Waals surface area contributed by atoms with Crippen LogP contribution in [-0.4, -0.2) is 22.9 Å². The van der Waals surface area contributed by atoms with Crippen LogP contribution in [0.3, 0.4) is 0 Å². The van der Waals surface area contributed by atoms with Crippen molar-refractivity contribution in [3.8, 4) is 0 Å². The van der Waals surface area contributed by atoms with E-state index in [0.717, 1.165) is 41.9 Å². The molecule has 26 heavy (non-hydrogen) atoms. The van der Waals surface area contributed by atoms with Crippen molar-refractivity contribution in [3.63, 3.8) is 0 Å². The van der Waals surface area contributed by atoms with Crippen molar-refractivity contribution in [3.05, 3.63) is 44.8 Å². The smallest absolute Gasteiger partial charge is 0.261 e. The Bertz CT molecular complexity index is 748. The van der Waals surface area contributed by atoms with E-state index >= 15 is 0 Å². The molecule has 4 aliphatic carbocycles. The van der Waals surface area contributed by atoms with Crippen LogP contribution >= 0.6 is 22.7 Å². The second-order valence-electron chi connectivity index (χ2n) is 8.38. The third kappa shape index (κ3) is 2.79. The lowest BCUT2D eigenvalue weighted by atomic mass is 9.50. The van der Waals surface area contributed by atoms with E-state index in [4.69, 9.17) is 0 Å². The molecule has 0 unspecified atom stereocenters. The van der Waals surface area contributed by atoms with Gasteiger partial charge in [-0.2, -0.15) is 0 Å². The Hall–Kier alpha value is -1.66. The number of rotatable bonds is 4. The van der Waals surface area contributed by atoms with Gasteiger partial charge in [-0.05, 0) is 73.3 Å². The zero-order valence-electron chi connectivity index (χ0n) is 14.5. The SMILES string of the molecule is O=C(NC12CC3CC(C1)CC(NC(=O)c1cccs1)(C3)C2)c1cccs1. The highest BCUT2D eigenvalue weighted by Gasteiger charge is 2.58. The quantitative estimate of drug-likeness (QED) is 0.832. The van der Waals surface area contributed by atoms with Gasteiger partial charge < -0.3 is 10.6 Å². The van der Waals surface area contributed by atoms with Crippen molar-refractivity contribution in [1.29, 1.82) is 0 Å². The maximum absolute atomic E-state index is 12.7. The highest BCUT2D eigenvalue weighted by molar-refractivity contribution is 7.12. The molecular weight excluding hydrogens is 364 g/mol.